The Hall–Kier alpha value is -2.09. The molecule has 1 unspecified atom stereocenters. The molecule has 5 heteroatoms. The van der Waals surface area contributed by atoms with Crippen LogP contribution in [0.3, 0.4) is 0 Å². The summed E-state index contributed by atoms with van der Waals surface area (Å²) in [6, 6.07) is 0. The van der Waals surface area contributed by atoms with Gasteiger partial charge >= 0.3 is 0 Å². The molecule has 0 radical (unpaired) electrons. The average molecular weight is 236 g/mol. The maximum atomic E-state index is 11.2. The average Bonchev–Trinajstić information content (AvgIpc) is 2.24. The van der Waals surface area contributed by atoms with Crippen molar-refractivity contribution in [2.45, 2.75) is 26.7 Å². The Balaban J connectivity index is 0. The molecule has 17 heavy (non-hydrogen) atoms. The summed E-state index contributed by atoms with van der Waals surface area (Å²) in [5, 5.41) is 10.8. The molecule has 2 N–H and O–H groups in total. The van der Waals surface area contributed by atoms with Gasteiger partial charge in [0.2, 0.25) is 12.2 Å². The van der Waals surface area contributed by atoms with Crippen molar-refractivity contribution in [2.75, 3.05) is 0 Å². The number of Topliss-reactive ketones (excluding diaryl/α,β-unsaturated/α-hetero) is 1. The normalized spacial score (nSPS) is 16.9. The number of rotatable bonds is 1. The van der Waals surface area contributed by atoms with Crippen molar-refractivity contribution in [3.63, 3.8) is 0 Å². The molecular weight excluding hydrogens is 220 g/mol. The molecule has 0 bridgehead atoms. The molecule has 0 aliphatic heterocycles. The first kappa shape index (κ1) is 17.3. The van der Waals surface area contributed by atoms with Crippen LogP contribution >= 0.6 is 0 Å². The van der Waals surface area contributed by atoms with Crippen molar-refractivity contribution in [1.29, 1.82) is 10.8 Å². The molecule has 0 heterocycles. The highest BCUT2D eigenvalue weighted by Gasteiger charge is 2.18. The van der Waals surface area contributed by atoms with E-state index < -0.39 is 0 Å². The molecule has 0 saturated heterocycles. The van der Waals surface area contributed by atoms with E-state index in [2.05, 4.69) is 6.58 Å². The number of ketones is 1. The zero-order valence-electron chi connectivity index (χ0n) is 10.0. The van der Waals surface area contributed by atoms with E-state index >= 15 is 0 Å². The van der Waals surface area contributed by atoms with Crippen LogP contribution < -0.4 is 0 Å². The first-order valence-electron chi connectivity index (χ1n) is 4.87. The van der Waals surface area contributed by atoms with Crippen molar-refractivity contribution in [1.82, 2.24) is 0 Å². The van der Waals surface area contributed by atoms with E-state index in [1.165, 1.54) is 0 Å². The van der Waals surface area contributed by atoms with Crippen LogP contribution in [0.1, 0.15) is 26.7 Å². The topological polar surface area (TPSA) is 98.9 Å². The Bertz CT molecular complexity index is 359. The molecule has 0 aromatic carbocycles. The summed E-state index contributed by atoms with van der Waals surface area (Å²) < 4.78 is 0. The summed E-state index contributed by atoms with van der Waals surface area (Å²) in [7, 11) is 0. The molecule has 0 saturated carbocycles. The second kappa shape index (κ2) is 10.4. The van der Waals surface area contributed by atoms with Gasteiger partial charge in [-0.1, -0.05) is 18.2 Å². The Morgan fingerprint density at radius 3 is 2.12 bits per heavy atom. The summed E-state index contributed by atoms with van der Waals surface area (Å²) in [4.78, 5) is 27.9. The fourth-order valence-electron chi connectivity index (χ4n) is 1.28. The van der Waals surface area contributed by atoms with E-state index in [9.17, 15) is 4.79 Å². The van der Waals surface area contributed by atoms with Gasteiger partial charge in [-0.15, -0.1) is 0 Å². The molecular formula is C12H16N2O3. The largest absolute Gasteiger partial charge is 0.295 e. The van der Waals surface area contributed by atoms with Gasteiger partial charge in [0, 0.05) is 6.42 Å². The van der Waals surface area contributed by atoms with Gasteiger partial charge in [0.05, 0.1) is 0 Å². The highest BCUT2D eigenvalue weighted by molar-refractivity contribution is 5.95. The molecule has 0 aromatic rings. The van der Waals surface area contributed by atoms with Crippen molar-refractivity contribution < 1.29 is 14.4 Å². The van der Waals surface area contributed by atoms with E-state index in [4.69, 9.17) is 20.4 Å². The molecule has 0 aromatic heterocycles. The van der Waals surface area contributed by atoms with Gasteiger partial charge in [-0.05, 0) is 31.8 Å². The third-order valence-corrected chi connectivity index (χ3v) is 2.28. The number of hydrogen-bond donors (Lipinski definition) is 2. The molecule has 0 spiro atoms. The van der Waals surface area contributed by atoms with Gasteiger partial charge in [-0.3, -0.25) is 4.79 Å². The monoisotopic (exact) mass is 236 g/mol. The molecule has 1 aliphatic carbocycles. The van der Waals surface area contributed by atoms with Crippen LogP contribution in [0.5, 0.6) is 0 Å². The summed E-state index contributed by atoms with van der Waals surface area (Å²) in [6.45, 7) is 7.74. The van der Waals surface area contributed by atoms with E-state index in [1.807, 2.05) is 19.9 Å². The highest BCUT2D eigenvalue weighted by atomic mass is 16.1. The maximum absolute atomic E-state index is 11.2. The summed E-state index contributed by atoms with van der Waals surface area (Å²) in [6.07, 6.45) is 5.18. The zero-order chi connectivity index (χ0) is 13.8. The van der Waals surface area contributed by atoms with Gasteiger partial charge in [-0.2, -0.15) is 0 Å². The third-order valence-electron chi connectivity index (χ3n) is 2.28. The number of isocyanates is 2. The van der Waals surface area contributed by atoms with Crippen molar-refractivity contribution in [3.05, 3.63) is 23.8 Å². The number of nitrogens with one attached hydrogen (secondary N) is 2. The van der Waals surface area contributed by atoms with Gasteiger partial charge in [0.1, 0.15) is 0 Å². The van der Waals surface area contributed by atoms with Crippen LogP contribution in [-0.2, 0) is 14.4 Å². The fourth-order valence-corrected chi connectivity index (χ4v) is 1.28. The van der Waals surface area contributed by atoms with Crippen molar-refractivity contribution in [3.8, 4) is 0 Å². The lowest BCUT2D eigenvalue weighted by Gasteiger charge is -2.18. The fraction of sp³-hybridized carbons (Fsp3) is 0.417. The number of carbonyl (C=O) groups is 1. The van der Waals surface area contributed by atoms with Crippen LogP contribution in [-0.4, -0.2) is 17.9 Å². The Labute approximate surface area is 100 Å². The van der Waals surface area contributed by atoms with Crippen molar-refractivity contribution in [2.24, 2.45) is 5.92 Å². The molecule has 92 valence electrons. The van der Waals surface area contributed by atoms with Gasteiger partial charge in [0.25, 0.3) is 0 Å². The van der Waals surface area contributed by atoms with Crippen molar-refractivity contribution >= 4 is 17.9 Å². The second-order valence-corrected chi connectivity index (χ2v) is 3.50. The van der Waals surface area contributed by atoms with E-state index in [0.717, 1.165) is 29.7 Å². The van der Waals surface area contributed by atoms with Crippen LogP contribution in [0, 0.1) is 16.7 Å². The SMILES string of the molecule is C=C(C)C1CC=C(C)C(=O)C1.N=C=O.N=C=O. The number of allylic oxidation sites excluding steroid dienone is 3. The third kappa shape index (κ3) is 8.88. The minimum absolute atomic E-state index is 0.282. The Morgan fingerprint density at radius 2 is 1.82 bits per heavy atom. The Kier molecular flexibility index (Phi) is 10.6. The predicted molar refractivity (Wildman–Crippen MR) is 63.1 cm³/mol. The van der Waals surface area contributed by atoms with Crippen LogP contribution in [0.2, 0.25) is 0 Å². The first-order chi connectivity index (χ1) is 7.94. The molecule has 5 nitrogen and oxygen atoms in total. The first-order valence-corrected chi connectivity index (χ1v) is 4.87. The molecule has 1 aliphatic rings. The minimum atomic E-state index is 0.282. The standard InChI is InChI=1S/C10H14O.2CHNO/c1-7(2)9-5-4-8(3)10(11)6-9;2*2-1-3/h4,9H,1,5-6H2,2-3H3;2*2H. The lowest BCUT2D eigenvalue weighted by atomic mass is 9.85. The minimum Gasteiger partial charge on any atom is -0.295 e. The maximum Gasteiger partial charge on any atom is 0.231 e. The predicted octanol–water partition coefficient (Wildman–Crippen LogP) is 2.29. The van der Waals surface area contributed by atoms with Gasteiger partial charge in [0.15, 0.2) is 5.78 Å². The zero-order valence-corrected chi connectivity index (χ0v) is 10.0. The van der Waals surface area contributed by atoms with Crippen LogP contribution in [0.25, 0.3) is 0 Å². The molecule has 1 atom stereocenters. The van der Waals surface area contributed by atoms with Gasteiger partial charge < -0.3 is 0 Å². The Morgan fingerprint density at radius 1 is 1.41 bits per heavy atom. The second-order valence-electron chi connectivity index (χ2n) is 3.50. The van der Waals surface area contributed by atoms with Gasteiger partial charge in [-0.25, -0.2) is 20.4 Å². The summed E-state index contributed by atoms with van der Waals surface area (Å²) >= 11 is 0. The summed E-state index contributed by atoms with van der Waals surface area (Å²) in [5.41, 5.74) is 2.05. The summed E-state index contributed by atoms with van der Waals surface area (Å²) in [5.74, 6) is 0.676. The molecule has 0 amide bonds. The van der Waals surface area contributed by atoms with E-state index in [-0.39, 0.29) is 5.78 Å². The number of hydrogen-bond acceptors (Lipinski definition) is 5. The van der Waals surface area contributed by atoms with E-state index in [0.29, 0.717) is 12.3 Å². The molecule has 1 rings (SSSR count). The number of carbonyl (C=O) groups excluding carboxylic acids is 3. The lowest BCUT2D eigenvalue weighted by molar-refractivity contribution is -0.116. The van der Waals surface area contributed by atoms with Crippen LogP contribution in [0.4, 0.5) is 0 Å². The van der Waals surface area contributed by atoms with E-state index in [1.54, 1.807) is 0 Å². The quantitative estimate of drug-likeness (QED) is 0.415. The molecule has 0 fully saturated rings. The smallest absolute Gasteiger partial charge is 0.231 e. The van der Waals surface area contributed by atoms with Crippen LogP contribution in [0.15, 0.2) is 23.8 Å². The lowest BCUT2D eigenvalue weighted by Crippen LogP contribution is -2.14. The highest BCUT2D eigenvalue weighted by Crippen LogP contribution is 2.25.